The summed E-state index contributed by atoms with van der Waals surface area (Å²) in [6.07, 6.45) is 1.38. The summed E-state index contributed by atoms with van der Waals surface area (Å²) in [6, 6.07) is 1.60. The summed E-state index contributed by atoms with van der Waals surface area (Å²) in [5.41, 5.74) is 0. The third-order valence-corrected chi connectivity index (χ3v) is 20.3. The fourth-order valence-corrected chi connectivity index (χ4v) is 23.3. The maximum Gasteiger partial charge on any atom is 0.396 e. The molecule has 0 unspecified atom stereocenters. The van der Waals surface area contributed by atoms with Crippen molar-refractivity contribution in [2.24, 2.45) is 0 Å². The average Bonchev–Trinajstić information content (AvgIpc) is 2.70. The minimum Gasteiger partial charge on any atom is -0.462 e. The van der Waals surface area contributed by atoms with Gasteiger partial charge in [-0.25, -0.2) is 9.59 Å². The number of carbonyl (C=O) groups excluding carboxylic acids is 4. The van der Waals surface area contributed by atoms with Crippen LogP contribution in [0.25, 0.3) is 0 Å². The zero-order chi connectivity index (χ0) is 28.2. The zero-order valence-electron chi connectivity index (χ0n) is 23.6. The molecule has 0 aromatic heterocycles. The van der Waals surface area contributed by atoms with Gasteiger partial charge in [-0.05, 0) is 84.2 Å². The van der Waals surface area contributed by atoms with Crippen molar-refractivity contribution in [3.8, 4) is 0 Å². The van der Waals surface area contributed by atoms with Crippen molar-refractivity contribution in [1.29, 1.82) is 0 Å². The van der Waals surface area contributed by atoms with Crippen molar-refractivity contribution in [2.75, 3.05) is 26.8 Å². The van der Waals surface area contributed by atoms with Crippen LogP contribution in [0.2, 0.25) is 64.5 Å². The van der Waals surface area contributed by atoms with E-state index in [9.17, 15) is 19.2 Å². The molecule has 0 aliphatic rings. The third-order valence-electron chi connectivity index (χ3n) is 4.85. The van der Waals surface area contributed by atoms with E-state index in [1.165, 1.54) is 7.11 Å². The predicted molar refractivity (Wildman–Crippen MR) is 147 cm³/mol. The number of rotatable bonds is 15. The van der Waals surface area contributed by atoms with Crippen LogP contribution in [0.4, 0.5) is 0 Å². The topological polar surface area (TPSA) is 138 Å². The molecular formula is C21H46N2O9Si4. The Hall–Kier alpha value is -1.37. The number of amides is 2. The van der Waals surface area contributed by atoms with Gasteiger partial charge in [0.15, 0.2) is 16.6 Å². The molecule has 0 saturated carbocycles. The Morgan fingerprint density at radius 3 is 1.39 bits per heavy atom. The lowest BCUT2D eigenvalue weighted by Gasteiger charge is -2.41. The summed E-state index contributed by atoms with van der Waals surface area (Å²) in [5, 5.41) is 5.13. The molecule has 2 amide bonds. The molecule has 36 heavy (non-hydrogen) atoms. The van der Waals surface area contributed by atoms with Gasteiger partial charge < -0.3 is 32.5 Å². The maximum absolute atomic E-state index is 11.6. The van der Waals surface area contributed by atoms with Gasteiger partial charge in [-0.2, -0.15) is 0 Å². The van der Waals surface area contributed by atoms with Crippen LogP contribution in [-0.4, -0.2) is 84.3 Å². The quantitative estimate of drug-likeness (QED) is 0.129. The number of carbonyl (C=O) groups is 4. The second-order valence-corrected chi connectivity index (χ2v) is 26.6. The van der Waals surface area contributed by atoms with E-state index in [4.69, 9.17) is 12.3 Å². The molecule has 15 heteroatoms. The van der Waals surface area contributed by atoms with Crippen molar-refractivity contribution < 1.29 is 41.0 Å². The highest BCUT2D eigenvalue weighted by Crippen LogP contribution is 2.27. The van der Waals surface area contributed by atoms with Gasteiger partial charge in [0.05, 0.1) is 13.7 Å². The first-order valence-electron chi connectivity index (χ1n) is 12.3. The highest BCUT2D eigenvalue weighted by Gasteiger charge is 2.43. The predicted octanol–water partition coefficient (Wildman–Crippen LogP) is 2.60. The molecule has 0 aliphatic carbocycles. The average molecular weight is 583 g/mol. The molecule has 2 N–H and O–H groups in total. The van der Waals surface area contributed by atoms with Crippen molar-refractivity contribution in [3.05, 3.63) is 0 Å². The second-order valence-electron chi connectivity index (χ2n) is 10.6. The first kappa shape index (κ1) is 34.6. The second kappa shape index (κ2) is 15.1. The van der Waals surface area contributed by atoms with Crippen LogP contribution in [0, 0.1) is 0 Å². The smallest absolute Gasteiger partial charge is 0.396 e. The Morgan fingerprint density at radius 2 is 1.03 bits per heavy atom. The van der Waals surface area contributed by atoms with Gasteiger partial charge in [-0.1, -0.05) is 0 Å². The van der Waals surface area contributed by atoms with Gasteiger partial charge in [0, 0.05) is 13.1 Å². The lowest BCUT2D eigenvalue weighted by Crippen LogP contribution is -2.56. The summed E-state index contributed by atoms with van der Waals surface area (Å²) in [7, 11) is -8.01. The minimum absolute atomic E-state index is 0.165. The number of hydrogen-bond acceptors (Lipinski definition) is 9. The normalized spacial score (nSPS) is 12.6. The maximum atomic E-state index is 11.6. The Labute approximate surface area is 220 Å². The summed E-state index contributed by atoms with van der Waals surface area (Å²) in [5.74, 6) is -3.23. The zero-order valence-corrected chi connectivity index (χ0v) is 27.6. The van der Waals surface area contributed by atoms with Crippen LogP contribution >= 0.6 is 0 Å². The van der Waals surface area contributed by atoms with Crippen molar-refractivity contribution in [2.45, 2.75) is 84.2 Å². The number of methoxy groups -OCH3 is 1. The van der Waals surface area contributed by atoms with Gasteiger partial charge in [0.1, 0.15) is 0 Å². The first-order valence-corrected chi connectivity index (χ1v) is 24.1. The molecule has 0 heterocycles. The molecule has 210 valence electrons. The molecular weight excluding hydrogens is 537 g/mol. The van der Waals surface area contributed by atoms with Crippen LogP contribution < -0.4 is 10.6 Å². The van der Waals surface area contributed by atoms with Gasteiger partial charge >= 0.3 is 40.9 Å². The van der Waals surface area contributed by atoms with Gasteiger partial charge in [0.25, 0.3) is 0 Å². The van der Waals surface area contributed by atoms with E-state index in [0.29, 0.717) is 25.9 Å². The highest BCUT2D eigenvalue weighted by atomic mass is 28.5. The molecule has 11 nitrogen and oxygen atoms in total. The van der Waals surface area contributed by atoms with Gasteiger partial charge in [0.2, 0.25) is 0 Å². The summed E-state index contributed by atoms with van der Waals surface area (Å²) in [4.78, 5) is 45.7. The molecule has 0 rings (SSSR count). The molecule has 0 radical (unpaired) electrons. The monoisotopic (exact) mass is 582 g/mol. The lowest BCUT2D eigenvalue weighted by molar-refractivity contribution is -0.154. The Balaban J connectivity index is 4.65. The number of hydrogen-bond donors (Lipinski definition) is 2. The van der Waals surface area contributed by atoms with Crippen molar-refractivity contribution in [3.63, 3.8) is 0 Å². The van der Waals surface area contributed by atoms with E-state index < -0.39 is 57.5 Å². The van der Waals surface area contributed by atoms with Crippen molar-refractivity contribution >= 4 is 57.5 Å². The molecule has 0 aliphatic heterocycles. The van der Waals surface area contributed by atoms with E-state index >= 15 is 0 Å². The molecule has 0 aromatic carbocycles. The SMILES string of the molecule is CCOC(=O)C(=O)NCCC[Si](C)(C)O[Si](C)(C)O[Si](C)(C)O[Si](C)(C)CCCNC(=O)C(=O)OC. The van der Waals surface area contributed by atoms with Crippen LogP contribution in [0.15, 0.2) is 0 Å². The Bertz CT molecular complexity index is 762. The number of nitrogens with one attached hydrogen (secondary N) is 2. The molecule has 0 saturated heterocycles. The van der Waals surface area contributed by atoms with Gasteiger partial charge in [-0.3, -0.25) is 9.59 Å². The summed E-state index contributed by atoms with van der Waals surface area (Å²) in [6.45, 7) is 19.2. The number of esters is 2. The number of ether oxygens (including phenoxy) is 2. The summed E-state index contributed by atoms with van der Waals surface area (Å²) < 4.78 is 28.7. The van der Waals surface area contributed by atoms with E-state index in [1.807, 2.05) is 26.2 Å². The van der Waals surface area contributed by atoms with Gasteiger partial charge in [-0.15, -0.1) is 0 Å². The third kappa shape index (κ3) is 15.7. The molecule has 0 aromatic rings. The van der Waals surface area contributed by atoms with Crippen LogP contribution in [0.5, 0.6) is 0 Å². The Kier molecular flexibility index (Phi) is 14.6. The summed E-state index contributed by atoms with van der Waals surface area (Å²) >= 11 is 0. The largest absolute Gasteiger partial charge is 0.462 e. The van der Waals surface area contributed by atoms with Crippen LogP contribution in [0.1, 0.15) is 19.8 Å². The fourth-order valence-electron chi connectivity index (χ4n) is 3.93. The fraction of sp³-hybridized carbons (Fsp3) is 0.810. The van der Waals surface area contributed by atoms with Crippen LogP contribution in [0.3, 0.4) is 0 Å². The van der Waals surface area contributed by atoms with E-state index in [-0.39, 0.29) is 6.61 Å². The van der Waals surface area contributed by atoms with Crippen LogP contribution in [-0.2, 0) is 41.0 Å². The Morgan fingerprint density at radius 1 is 0.639 bits per heavy atom. The lowest BCUT2D eigenvalue weighted by atomic mass is 10.4. The molecule has 0 fully saturated rings. The van der Waals surface area contributed by atoms with E-state index in [0.717, 1.165) is 12.1 Å². The van der Waals surface area contributed by atoms with E-state index in [2.05, 4.69) is 46.3 Å². The standard InChI is InChI=1S/C21H46N2O9Si4/c1-11-29-21(27)19(25)23-15-13-17-34(5,6)31-36(9,10)32-35(7,8)30-33(3,4)16-12-14-22-18(24)20(26)28-2/h11-17H2,1-10H3,(H,22,24)(H,23,25). The first-order chi connectivity index (χ1) is 16.4. The highest BCUT2D eigenvalue weighted by molar-refractivity contribution is 6.89. The van der Waals surface area contributed by atoms with Crippen molar-refractivity contribution in [1.82, 2.24) is 10.6 Å². The van der Waals surface area contributed by atoms with E-state index in [1.54, 1.807) is 6.92 Å². The minimum atomic E-state index is -2.50. The molecule has 0 atom stereocenters. The molecule has 0 spiro atoms. The molecule has 0 bridgehead atoms.